The number of rotatable bonds is 5. The van der Waals surface area contributed by atoms with Gasteiger partial charge >= 0.3 is 0 Å². The van der Waals surface area contributed by atoms with Crippen LogP contribution < -0.4 is 0 Å². The summed E-state index contributed by atoms with van der Waals surface area (Å²) in [6.45, 7) is 6.52. The first-order valence-corrected chi connectivity index (χ1v) is 5.90. The molecular formula is C14H22O. The quantitative estimate of drug-likeness (QED) is 0.778. The van der Waals surface area contributed by atoms with Crippen LogP contribution in [0.3, 0.4) is 0 Å². The van der Waals surface area contributed by atoms with Crippen molar-refractivity contribution in [2.75, 3.05) is 0 Å². The van der Waals surface area contributed by atoms with Crippen molar-refractivity contribution in [3.63, 3.8) is 0 Å². The van der Waals surface area contributed by atoms with Gasteiger partial charge in [0.15, 0.2) is 0 Å². The van der Waals surface area contributed by atoms with Gasteiger partial charge < -0.3 is 5.11 Å². The van der Waals surface area contributed by atoms with Crippen molar-refractivity contribution in [1.82, 2.24) is 0 Å². The van der Waals surface area contributed by atoms with E-state index in [4.69, 9.17) is 0 Å². The van der Waals surface area contributed by atoms with Gasteiger partial charge in [-0.2, -0.15) is 0 Å². The van der Waals surface area contributed by atoms with Crippen molar-refractivity contribution in [3.05, 3.63) is 35.4 Å². The highest BCUT2D eigenvalue weighted by Crippen LogP contribution is 2.21. The summed E-state index contributed by atoms with van der Waals surface area (Å²) in [7, 11) is 0. The smallest absolute Gasteiger partial charge is 0.0790 e. The van der Waals surface area contributed by atoms with Crippen LogP contribution in [0.1, 0.15) is 50.8 Å². The third kappa shape index (κ3) is 4.05. The minimum Gasteiger partial charge on any atom is -0.388 e. The molecule has 1 unspecified atom stereocenters. The summed E-state index contributed by atoms with van der Waals surface area (Å²) >= 11 is 0. The number of aryl methyl sites for hydroxylation is 1. The van der Waals surface area contributed by atoms with E-state index in [1.54, 1.807) is 0 Å². The van der Waals surface area contributed by atoms with E-state index in [-0.39, 0.29) is 6.10 Å². The minimum atomic E-state index is -0.293. The molecule has 0 aliphatic heterocycles. The molecule has 0 aliphatic rings. The molecule has 0 fully saturated rings. The second kappa shape index (κ2) is 5.92. The summed E-state index contributed by atoms with van der Waals surface area (Å²) in [5, 5.41) is 9.93. The summed E-state index contributed by atoms with van der Waals surface area (Å²) in [5.74, 6) is 0.662. The standard InChI is InChI=1S/C14H22O/c1-4-12-6-8-13(9-7-12)14(15)10-5-11(2)3/h6-9,11,14-15H,4-5,10H2,1-3H3. The Morgan fingerprint density at radius 3 is 2.13 bits per heavy atom. The fraction of sp³-hybridized carbons (Fsp3) is 0.571. The maximum atomic E-state index is 9.93. The highest BCUT2D eigenvalue weighted by Gasteiger charge is 2.07. The SMILES string of the molecule is CCc1ccc(C(O)CCC(C)C)cc1. The van der Waals surface area contributed by atoms with Crippen molar-refractivity contribution in [1.29, 1.82) is 0 Å². The third-order valence-corrected chi connectivity index (χ3v) is 2.79. The van der Waals surface area contributed by atoms with Gasteiger partial charge in [0.2, 0.25) is 0 Å². The molecule has 1 N–H and O–H groups in total. The first kappa shape index (κ1) is 12.3. The lowest BCUT2D eigenvalue weighted by molar-refractivity contribution is 0.159. The first-order chi connectivity index (χ1) is 7.13. The summed E-state index contributed by atoms with van der Waals surface area (Å²) in [5.41, 5.74) is 2.38. The number of aliphatic hydroxyl groups is 1. The Morgan fingerprint density at radius 1 is 1.07 bits per heavy atom. The second-order valence-electron chi connectivity index (χ2n) is 4.58. The molecule has 0 saturated carbocycles. The van der Waals surface area contributed by atoms with Crippen LogP contribution in [0.15, 0.2) is 24.3 Å². The summed E-state index contributed by atoms with van der Waals surface area (Å²) < 4.78 is 0. The molecular weight excluding hydrogens is 184 g/mol. The molecule has 1 aromatic carbocycles. The summed E-state index contributed by atoms with van der Waals surface area (Å²) in [6.07, 6.45) is 2.71. The Labute approximate surface area is 93.1 Å². The molecule has 0 radical (unpaired) electrons. The van der Waals surface area contributed by atoms with Gasteiger partial charge in [-0.3, -0.25) is 0 Å². The van der Waals surface area contributed by atoms with E-state index < -0.39 is 0 Å². The molecule has 15 heavy (non-hydrogen) atoms. The Balaban J connectivity index is 2.54. The maximum Gasteiger partial charge on any atom is 0.0790 e. The van der Waals surface area contributed by atoms with Gasteiger partial charge in [0.05, 0.1) is 6.10 Å². The first-order valence-electron chi connectivity index (χ1n) is 5.90. The van der Waals surface area contributed by atoms with Crippen molar-refractivity contribution in [2.24, 2.45) is 5.92 Å². The Morgan fingerprint density at radius 2 is 1.67 bits per heavy atom. The molecule has 0 spiro atoms. The molecule has 1 nitrogen and oxygen atoms in total. The monoisotopic (exact) mass is 206 g/mol. The largest absolute Gasteiger partial charge is 0.388 e. The zero-order chi connectivity index (χ0) is 11.3. The average Bonchev–Trinajstić information content (AvgIpc) is 2.26. The lowest BCUT2D eigenvalue weighted by Crippen LogP contribution is -2.00. The van der Waals surface area contributed by atoms with Gasteiger partial charge in [-0.05, 0) is 36.3 Å². The van der Waals surface area contributed by atoms with Crippen molar-refractivity contribution < 1.29 is 5.11 Å². The van der Waals surface area contributed by atoms with E-state index in [1.807, 2.05) is 12.1 Å². The van der Waals surface area contributed by atoms with Crippen molar-refractivity contribution in [3.8, 4) is 0 Å². The van der Waals surface area contributed by atoms with Crippen LogP contribution in [0.25, 0.3) is 0 Å². The van der Waals surface area contributed by atoms with Crippen LogP contribution in [-0.2, 0) is 6.42 Å². The lowest BCUT2D eigenvalue weighted by atomic mass is 9.99. The summed E-state index contributed by atoms with van der Waals surface area (Å²) in [4.78, 5) is 0. The van der Waals surface area contributed by atoms with Gasteiger partial charge in [-0.1, -0.05) is 45.0 Å². The highest BCUT2D eigenvalue weighted by atomic mass is 16.3. The Kier molecular flexibility index (Phi) is 4.83. The van der Waals surface area contributed by atoms with E-state index in [0.29, 0.717) is 5.92 Å². The zero-order valence-corrected chi connectivity index (χ0v) is 10.0. The second-order valence-corrected chi connectivity index (χ2v) is 4.58. The lowest BCUT2D eigenvalue weighted by Gasteiger charge is -2.12. The zero-order valence-electron chi connectivity index (χ0n) is 10.0. The average molecular weight is 206 g/mol. The van der Waals surface area contributed by atoms with Crippen LogP contribution in [0.4, 0.5) is 0 Å². The topological polar surface area (TPSA) is 20.2 Å². The molecule has 0 amide bonds. The van der Waals surface area contributed by atoms with Gasteiger partial charge in [0.25, 0.3) is 0 Å². The van der Waals surface area contributed by atoms with E-state index in [9.17, 15) is 5.11 Å². The van der Waals surface area contributed by atoms with Gasteiger partial charge in [-0.25, -0.2) is 0 Å². The molecule has 1 atom stereocenters. The van der Waals surface area contributed by atoms with Gasteiger partial charge in [-0.15, -0.1) is 0 Å². The Bertz CT molecular complexity index is 274. The predicted molar refractivity (Wildman–Crippen MR) is 64.9 cm³/mol. The molecule has 84 valence electrons. The van der Waals surface area contributed by atoms with E-state index >= 15 is 0 Å². The van der Waals surface area contributed by atoms with Gasteiger partial charge in [0, 0.05) is 0 Å². The van der Waals surface area contributed by atoms with Crippen molar-refractivity contribution in [2.45, 2.75) is 46.1 Å². The number of benzene rings is 1. The molecule has 0 bridgehead atoms. The van der Waals surface area contributed by atoms with Crippen LogP contribution in [-0.4, -0.2) is 5.11 Å². The van der Waals surface area contributed by atoms with E-state index in [1.165, 1.54) is 5.56 Å². The normalized spacial score (nSPS) is 13.1. The van der Waals surface area contributed by atoms with Crippen LogP contribution >= 0.6 is 0 Å². The molecule has 0 aromatic heterocycles. The van der Waals surface area contributed by atoms with Crippen LogP contribution in [0, 0.1) is 5.92 Å². The fourth-order valence-electron chi connectivity index (χ4n) is 1.63. The molecule has 1 rings (SSSR count). The minimum absolute atomic E-state index is 0.293. The number of hydrogen-bond acceptors (Lipinski definition) is 1. The fourth-order valence-corrected chi connectivity index (χ4v) is 1.63. The van der Waals surface area contributed by atoms with E-state index in [2.05, 4.69) is 32.9 Å². The Hall–Kier alpha value is -0.820. The predicted octanol–water partition coefficient (Wildman–Crippen LogP) is 3.72. The summed E-state index contributed by atoms with van der Waals surface area (Å²) in [6, 6.07) is 8.30. The van der Waals surface area contributed by atoms with E-state index in [0.717, 1.165) is 24.8 Å². The van der Waals surface area contributed by atoms with Crippen molar-refractivity contribution >= 4 is 0 Å². The molecule has 0 aliphatic carbocycles. The van der Waals surface area contributed by atoms with Crippen LogP contribution in [0.2, 0.25) is 0 Å². The highest BCUT2D eigenvalue weighted by molar-refractivity contribution is 5.23. The van der Waals surface area contributed by atoms with Crippen LogP contribution in [0.5, 0.6) is 0 Å². The third-order valence-electron chi connectivity index (χ3n) is 2.79. The molecule has 0 heterocycles. The number of hydrogen-bond donors (Lipinski definition) is 1. The van der Waals surface area contributed by atoms with Gasteiger partial charge in [0.1, 0.15) is 0 Å². The maximum absolute atomic E-state index is 9.93. The molecule has 1 heteroatoms. The molecule has 1 aromatic rings. The number of aliphatic hydroxyl groups excluding tert-OH is 1. The molecule has 0 saturated heterocycles.